The summed E-state index contributed by atoms with van der Waals surface area (Å²) in [5, 5.41) is 11.2. The Hall–Kier alpha value is -1.55. The summed E-state index contributed by atoms with van der Waals surface area (Å²) in [6.45, 7) is 4.08. The lowest BCUT2D eigenvalue weighted by Gasteiger charge is -2.11. The highest BCUT2D eigenvalue weighted by Gasteiger charge is 2.13. The van der Waals surface area contributed by atoms with E-state index in [-0.39, 0.29) is 19.1 Å². The van der Waals surface area contributed by atoms with Crippen LogP contribution in [-0.2, 0) is 0 Å². The summed E-state index contributed by atoms with van der Waals surface area (Å²) in [7, 11) is 1.53. The highest BCUT2D eigenvalue weighted by atomic mass is 16.5. The van der Waals surface area contributed by atoms with Gasteiger partial charge in [0.1, 0.15) is 5.75 Å². The van der Waals surface area contributed by atoms with Gasteiger partial charge in [0.15, 0.2) is 0 Å². The summed E-state index contributed by atoms with van der Waals surface area (Å²) < 4.78 is 5.16. The van der Waals surface area contributed by atoms with E-state index >= 15 is 0 Å². The third-order valence-corrected chi connectivity index (χ3v) is 2.46. The second kappa shape index (κ2) is 5.51. The molecule has 88 valence electrons. The fourth-order valence-electron chi connectivity index (χ4n) is 1.40. The molecular weight excluding hydrogens is 206 g/mol. The molecule has 0 aliphatic rings. The van der Waals surface area contributed by atoms with Gasteiger partial charge < -0.3 is 15.2 Å². The summed E-state index contributed by atoms with van der Waals surface area (Å²) in [4.78, 5) is 11.7. The van der Waals surface area contributed by atoms with Crippen molar-refractivity contribution < 1.29 is 14.6 Å². The van der Waals surface area contributed by atoms with Gasteiger partial charge in [0, 0.05) is 6.54 Å². The number of aryl methyl sites for hydroxylation is 2. The quantitative estimate of drug-likeness (QED) is 0.801. The fraction of sp³-hybridized carbons (Fsp3) is 0.417. The van der Waals surface area contributed by atoms with Gasteiger partial charge >= 0.3 is 0 Å². The summed E-state index contributed by atoms with van der Waals surface area (Å²) in [6, 6.07) is 3.63. The van der Waals surface area contributed by atoms with Gasteiger partial charge in [-0.15, -0.1) is 0 Å². The van der Waals surface area contributed by atoms with E-state index in [0.29, 0.717) is 11.3 Å². The minimum Gasteiger partial charge on any atom is -0.496 e. The zero-order valence-electron chi connectivity index (χ0n) is 9.83. The molecule has 0 aromatic heterocycles. The summed E-state index contributed by atoms with van der Waals surface area (Å²) in [6.07, 6.45) is 0. The van der Waals surface area contributed by atoms with E-state index in [1.165, 1.54) is 7.11 Å². The maximum absolute atomic E-state index is 11.7. The molecule has 0 unspecified atom stereocenters. The van der Waals surface area contributed by atoms with Crippen molar-refractivity contribution in [2.24, 2.45) is 0 Å². The second-order valence-corrected chi connectivity index (χ2v) is 3.62. The molecule has 0 aliphatic carbocycles. The van der Waals surface area contributed by atoms with E-state index in [1.54, 1.807) is 6.07 Å². The van der Waals surface area contributed by atoms with Crippen LogP contribution in [0.15, 0.2) is 12.1 Å². The van der Waals surface area contributed by atoms with Gasteiger partial charge in [0.05, 0.1) is 19.3 Å². The first kappa shape index (κ1) is 12.5. The van der Waals surface area contributed by atoms with Crippen molar-refractivity contribution in [2.75, 3.05) is 20.3 Å². The van der Waals surface area contributed by atoms with Crippen LogP contribution >= 0.6 is 0 Å². The van der Waals surface area contributed by atoms with Gasteiger partial charge in [-0.25, -0.2) is 0 Å². The monoisotopic (exact) mass is 223 g/mol. The molecule has 0 aliphatic heterocycles. The van der Waals surface area contributed by atoms with Crippen molar-refractivity contribution in [1.29, 1.82) is 0 Å². The van der Waals surface area contributed by atoms with Crippen molar-refractivity contribution >= 4 is 5.91 Å². The third-order valence-electron chi connectivity index (χ3n) is 2.46. The summed E-state index contributed by atoms with van der Waals surface area (Å²) in [5.41, 5.74) is 2.62. The van der Waals surface area contributed by atoms with E-state index in [9.17, 15) is 4.79 Å². The van der Waals surface area contributed by atoms with Crippen LogP contribution in [0.2, 0.25) is 0 Å². The van der Waals surface area contributed by atoms with Gasteiger partial charge in [0.25, 0.3) is 5.91 Å². The molecule has 0 spiro atoms. The normalized spacial score (nSPS) is 10.0. The van der Waals surface area contributed by atoms with Crippen LogP contribution in [-0.4, -0.2) is 31.3 Å². The van der Waals surface area contributed by atoms with E-state index in [1.807, 2.05) is 19.9 Å². The molecule has 1 aromatic rings. The molecule has 2 N–H and O–H groups in total. The van der Waals surface area contributed by atoms with Crippen molar-refractivity contribution in [1.82, 2.24) is 5.32 Å². The van der Waals surface area contributed by atoms with Gasteiger partial charge in [-0.05, 0) is 37.1 Å². The first-order valence-corrected chi connectivity index (χ1v) is 5.14. The minimum atomic E-state index is -0.228. The highest BCUT2D eigenvalue weighted by Crippen LogP contribution is 2.22. The molecule has 0 saturated heterocycles. The molecule has 0 heterocycles. The van der Waals surface area contributed by atoms with Gasteiger partial charge in [-0.2, -0.15) is 0 Å². The van der Waals surface area contributed by atoms with E-state index < -0.39 is 0 Å². The smallest absolute Gasteiger partial charge is 0.255 e. The number of hydrogen-bond acceptors (Lipinski definition) is 3. The van der Waals surface area contributed by atoms with Crippen molar-refractivity contribution in [3.63, 3.8) is 0 Å². The Balaban J connectivity index is 3.02. The molecule has 1 amide bonds. The van der Waals surface area contributed by atoms with Crippen LogP contribution in [0.5, 0.6) is 5.75 Å². The molecule has 16 heavy (non-hydrogen) atoms. The maximum atomic E-state index is 11.7. The number of carbonyl (C=O) groups is 1. The number of hydrogen-bond donors (Lipinski definition) is 2. The number of nitrogens with one attached hydrogen (secondary N) is 1. The molecule has 0 bridgehead atoms. The standard InChI is InChI=1S/C12H17NO3/c1-8-6-10(12(15)13-4-5-14)11(16-3)7-9(8)2/h6-7,14H,4-5H2,1-3H3,(H,13,15). The predicted molar refractivity (Wildman–Crippen MR) is 61.9 cm³/mol. The second-order valence-electron chi connectivity index (χ2n) is 3.62. The average Bonchev–Trinajstić information content (AvgIpc) is 2.28. The molecule has 0 radical (unpaired) electrons. The van der Waals surface area contributed by atoms with Crippen LogP contribution < -0.4 is 10.1 Å². The largest absolute Gasteiger partial charge is 0.496 e. The van der Waals surface area contributed by atoms with Crippen LogP contribution in [0.1, 0.15) is 21.5 Å². The molecule has 0 saturated carbocycles. The fourth-order valence-corrected chi connectivity index (χ4v) is 1.40. The topological polar surface area (TPSA) is 58.6 Å². The number of amides is 1. The van der Waals surface area contributed by atoms with Crippen LogP contribution in [0.3, 0.4) is 0 Å². The van der Waals surface area contributed by atoms with Crippen molar-refractivity contribution in [2.45, 2.75) is 13.8 Å². The molecule has 4 heteroatoms. The van der Waals surface area contributed by atoms with Crippen molar-refractivity contribution in [3.8, 4) is 5.75 Å². The number of methoxy groups -OCH3 is 1. The number of aliphatic hydroxyl groups is 1. The Kier molecular flexibility index (Phi) is 4.31. The minimum absolute atomic E-state index is 0.0705. The molecular formula is C12H17NO3. The first-order chi connectivity index (χ1) is 7.60. The lowest BCUT2D eigenvalue weighted by molar-refractivity contribution is 0.0941. The van der Waals surface area contributed by atoms with E-state index in [0.717, 1.165) is 11.1 Å². The van der Waals surface area contributed by atoms with E-state index in [4.69, 9.17) is 9.84 Å². The number of benzene rings is 1. The van der Waals surface area contributed by atoms with Gasteiger partial charge in [0.2, 0.25) is 0 Å². The summed E-state index contributed by atoms with van der Waals surface area (Å²) >= 11 is 0. The maximum Gasteiger partial charge on any atom is 0.255 e. The Labute approximate surface area is 95.2 Å². The Morgan fingerprint density at radius 2 is 2.00 bits per heavy atom. The SMILES string of the molecule is COc1cc(C)c(C)cc1C(=O)NCCO. The zero-order valence-corrected chi connectivity index (χ0v) is 9.83. The number of carbonyl (C=O) groups excluding carboxylic acids is 1. The van der Waals surface area contributed by atoms with Crippen LogP contribution in [0, 0.1) is 13.8 Å². The number of aliphatic hydroxyl groups excluding tert-OH is 1. The van der Waals surface area contributed by atoms with Crippen LogP contribution in [0.4, 0.5) is 0 Å². The highest BCUT2D eigenvalue weighted by molar-refractivity contribution is 5.97. The van der Waals surface area contributed by atoms with Gasteiger partial charge in [-0.1, -0.05) is 0 Å². The average molecular weight is 223 g/mol. The third kappa shape index (κ3) is 2.73. The number of ether oxygens (including phenoxy) is 1. The van der Waals surface area contributed by atoms with E-state index in [2.05, 4.69) is 5.32 Å². The molecule has 1 rings (SSSR count). The molecule has 1 aromatic carbocycles. The lowest BCUT2D eigenvalue weighted by Crippen LogP contribution is -2.26. The molecule has 0 fully saturated rings. The predicted octanol–water partition coefficient (Wildman–Crippen LogP) is 1.03. The molecule has 0 atom stereocenters. The summed E-state index contributed by atoms with van der Waals surface area (Å²) in [5.74, 6) is 0.326. The van der Waals surface area contributed by atoms with Crippen molar-refractivity contribution in [3.05, 3.63) is 28.8 Å². The Morgan fingerprint density at radius 3 is 2.56 bits per heavy atom. The van der Waals surface area contributed by atoms with Gasteiger partial charge in [-0.3, -0.25) is 4.79 Å². The Morgan fingerprint density at radius 1 is 1.38 bits per heavy atom. The van der Waals surface area contributed by atoms with Crippen LogP contribution in [0.25, 0.3) is 0 Å². The number of rotatable bonds is 4. The lowest BCUT2D eigenvalue weighted by atomic mass is 10.0. The Bertz CT molecular complexity index is 388. The molecule has 4 nitrogen and oxygen atoms in total. The zero-order chi connectivity index (χ0) is 12.1. The first-order valence-electron chi connectivity index (χ1n) is 5.14.